The first kappa shape index (κ1) is 29.5. The lowest BCUT2D eigenvalue weighted by molar-refractivity contribution is 0.0695. The van der Waals surface area contributed by atoms with Gasteiger partial charge in [0, 0.05) is 36.6 Å². The van der Waals surface area contributed by atoms with Crippen molar-refractivity contribution in [2.24, 2.45) is 0 Å². The van der Waals surface area contributed by atoms with Crippen LogP contribution in [0.2, 0.25) is 0 Å². The third-order valence-electron chi connectivity index (χ3n) is 7.68. The van der Waals surface area contributed by atoms with Crippen molar-refractivity contribution in [2.45, 2.75) is 25.5 Å². The van der Waals surface area contributed by atoms with E-state index in [9.17, 15) is 14.7 Å². The molecule has 1 aliphatic heterocycles. The maximum Gasteiger partial charge on any atom is 0.341 e. The molecule has 1 N–H and O–H groups in total. The second kappa shape index (κ2) is 12.6. The maximum atomic E-state index is 15.7. The van der Waals surface area contributed by atoms with Crippen LogP contribution in [0.15, 0.2) is 84.0 Å². The zero-order valence-electron chi connectivity index (χ0n) is 24.2. The van der Waals surface area contributed by atoms with Crippen LogP contribution >= 0.6 is 0 Å². The smallest absolute Gasteiger partial charge is 0.341 e. The molecule has 2 aromatic heterocycles. The van der Waals surface area contributed by atoms with Crippen molar-refractivity contribution in [3.05, 3.63) is 112 Å². The molecule has 0 radical (unpaired) electrons. The summed E-state index contributed by atoms with van der Waals surface area (Å²) in [6.45, 7) is 0.879. The van der Waals surface area contributed by atoms with Gasteiger partial charge in [-0.15, -0.1) is 0 Å². The third-order valence-corrected chi connectivity index (χ3v) is 7.68. The molecule has 3 heterocycles. The number of anilines is 1. The number of methoxy groups -OCH3 is 1. The van der Waals surface area contributed by atoms with Gasteiger partial charge in [-0.1, -0.05) is 12.1 Å². The minimum atomic E-state index is -1.51. The Balaban J connectivity index is 1.35. The number of halogens is 2. The van der Waals surface area contributed by atoms with Crippen LogP contribution < -0.4 is 24.5 Å². The minimum absolute atomic E-state index is 0.0422. The van der Waals surface area contributed by atoms with Crippen LogP contribution in [0.4, 0.5) is 14.5 Å². The highest BCUT2D eigenvalue weighted by Crippen LogP contribution is 2.33. The Morgan fingerprint density at radius 2 is 1.71 bits per heavy atom. The van der Waals surface area contributed by atoms with Gasteiger partial charge in [0.05, 0.1) is 30.0 Å². The molecule has 0 bridgehead atoms. The Morgan fingerprint density at radius 1 is 0.978 bits per heavy atom. The van der Waals surface area contributed by atoms with Crippen molar-refractivity contribution in [3.63, 3.8) is 0 Å². The number of rotatable bonds is 10. The Morgan fingerprint density at radius 3 is 2.42 bits per heavy atom. The number of aromatic nitrogens is 3. The Kier molecular flexibility index (Phi) is 8.28. The number of hydrogen-bond donors (Lipinski definition) is 1. The molecule has 5 aromatic rings. The molecular weight excluding hydrogens is 586 g/mol. The standard InChI is InChI=1S/C33H28F2N4O6/c1-43-22-7-5-20(6-8-22)18-44-23-9-10-28(26(34)14-23)39-17-25(32(41)42)31(40)24-15-27(35)30(16-29(24)39)38-13-2-4-21(38)19-45-33-36-11-3-12-37-33/h3,5-12,14-17,21H,2,4,13,18-19H2,1H3,(H,41,42). The van der Waals surface area contributed by atoms with E-state index in [2.05, 4.69) is 9.97 Å². The van der Waals surface area contributed by atoms with E-state index in [1.807, 2.05) is 17.0 Å². The Labute approximate surface area is 256 Å². The summed E-state index contributed by atoms with van der Waals surface area (Å²) in [5.41, 5.74) is -0.372. The van der Waals surface area contributed by atoms with Gasteiger partial charge in [-0.2, -0.15) is 0 Å². The number of carboxylic acids is 1. The summed E-state index contributed by atoms with van der Waals surface area (Å²) in [7, 11) is 1.57. The normalized spacial score (nSPS) is 14.5. The average molecular weight is 615 g/mol. The quantitative estimate of drug-likeness (QED) is 0.221. The molecular formula is C33H28F2N4O6. The molecule has 6 rings (SSSR count). The van der Waals surface area contributed by atoms with Gasteiger partial charge < -0.3 is 28.8 Å². The van der Waals surface area contributed by atoms with Gasteiger partial charge in [-0.3, -0.25) is 4.79 Å². The summed E-state index contributed by atoms with van der Waals surface area (Å²) in [5, 5.41) is 9.55. The summed E-state index contributed by atoms with van der Waals surface area (Å²) in [6.07, 6.45) is 5.64. The van der Waals surface area contributed by atoms with Crippen molar-refractivity contribution in [1.29, 1.82) is 0 Å². The van der Waals surface area contributed by atoms with E-state index in [1.54, 1.807) is 37.7 Å². The molecule has 0 amide bonds. The number of pyridine rings is 1. The van der Waals surface area contributed by atoms with Gasteiger partial charge in [-0.25, -0.2) is 23.5 Å². The first-order valence-corrected chi connectivity index (χ1v) is 14.2. The molecule has 1 unspecified atom stereocenters. The largest absolute Gasteiger partial charge is 0.497 e. The lowest BCUT2D eigenvalue weighted by atomic mass is 10.1. The van der Waals surface area contributed by atoms with Gasteiger partial charge in [0.2, 0.25) is 5.43 Å². The molecule has 1 aliphatic rings. The van der Waals surface area contributed by atoms with Crippen LogP contribution in [0.5, 0.6) is 17.5 Å². The van der Waals surface area contributed by atoms with Crippen LogP contribution in [-0.2, 0) is 6.61 Å². The van der Waals surface area contributed by atoms with Gasteiger partial charge in [0.1, 0.15) is 36.1 Å². The summed E-state index contributed by atoms with van der Waals surface area (Å²) < 4.78 is 49.2. The molecule has 10 nitrogen and oxygen atoms in total. The maximum absolute atomic E-state index is 15.7. The van der Waals surface area contributed by atoms with Crippen molar-refractivity contribution in [2.75, 3.05) is 25.2 Å². The number of ether oxygens (including phenoxy) is 3. The molecule has 45 heavy (non-hydrogen) atoms. The lowest BCUT2D eigenvalue weighted by Crippen LogP contribution is -2.35. The van der Waals surface area contributed by atoms with E-state index in [0.717, 1.165) is 24.2 Å². The van der Waals surface area contributed by atoms with E-state index in [0.29, 0.717) is 18.7 Å². The van der Waals surface area contributed by atoms with Crippen LogP contribution in [0.3, 0.4) is 0 Å². The fraction of sp³-hybridized carbons (Fsp3) is 0.212. The summed E-state index contributed by atoms with van der Waals surface area (Å²) in [5.74, 6) is -2.02. The molecule has 1 atom stereocenters. The Bertz CT molecular complexity index is 1920. The van der Waals surface area contributed by atoms with E-state index in [1.165, 1.54) is 28.8 Å². The SMILES string of the molecule is COc1ccc(COc2ccc(-n3cc(C(=O)O)c(=O)c4cc(F)c(N5CCCC5COc5ncccn5)cc43)c(F)c2)cc1. The number of hydrogen-bond acceptors (Lipinski definition) is 8. The van der Waals surface area contributed by atoms with E-state index in [4.69, 9.17) is 14.2 Å². The number of aromatic carboxylic acids is 1. The Hall–Kier alpha value is -5.52. The molecule has 12 heteroatoms. The molecule has 230 valence electrons. The summed E-state index contributed by atoms with van der Waals surface area (Å²) in [6, 6.07) is 15.5. The van der Waals surface area contributed by atoms with Crippen molar-refractivity contribution in [3.8, 4) is 23.2 Å². The predicted octanol–water partition coefficient (Wildman–Crippen LogP) is 5.39. The highest BCUT2D eigenvalue weighted by atomic mass is 19.1. The molecule has 0 spiro atoms. The number of carboxylic acid groups (broad SMARTS) is 1. The fourth-order valence-corrected chi connectivity index (χ4v) is 5.42. The van der Waals surface area contributed by atoms with Gasteiger partial charge in [-0.05, 0) is 60.9 Å². The first-order valence-electron chi connectivity index (χ1n) is 14.2. The van der Waals surface area contributed by atoms with Crippen LogP contribution in [0.1, 0.15) is 28.8 Å². The molecule has 1 saturated heterocycles. The van der Waals surface area contributed by atoms with Crippen molar-refractivity contribution in [1.82, 2.24) is 14.5 Å². The van der Waals surface area contributed by atoms with Gasteiger partial charge in [0.25, 0.3) is 0 Å². The second-order valence-corrected chi connectivity index (χ2v) is 10.4. The van der Waals surface area contributed by atoms with Gasteiger partial charge >= 0.3 is 12.0 Å². The van der Waals surface area contributed by atoms with Crippen molar-refractivity contribution < 1.29 is 32.9 Å². The summed E-state index contributed by atoms with van der Waals surface area (Å²) >= 11 is 0. The fourth-order valence-electron chi connectivity index (χ4n) is 5.42. The monoisotopic (exact) mass is 614 g/mol. The molecule has 0 aliphatic carbocycles. The zero-order valence-corrected chi connectivity index (χ0v) is 24.2. The van der Waals surface area contributed by atoms with Crippen LogP contribution in [0.25, 0.3) is 16.6 Å². The third kappa shape index (κ3) is 6.12. The topological polar surface area (TPSA) is 116 Å². The highest BCUT2D eigenvalue weighted by molar-refractivity contribution is 5.94. The molecule has 1 fully saturated rings. The highest BCUT2D eigenvalue weighted by Gasteiger charge is 2.29. The number of benzene rings is 3. The van der Waals surface area contributed by atoms with Crippen LogP contribution in [-0.4, -0.2) is 51.9 Å². The lowest BCUT2D eigenvalue weighted by Gasteiger charge is -2.27. The number of fused-ring (bicyclic) bond motifs is 1. The summed E-state index contributed by atoms with van der Waals surface area (Å²) in [4.78, 5) is 35.1. The molecule has 3 aromatic carbocycles. The number of nitrogens with zero attached hydrogens (tertiary/aromatic N) is 4. The van der Waals surface area contributed by atoms with E-state index in [-0.39, 0.29) is 53.3 Å². The van der Waals surface area contributed by atoms with Crippen molar-refractivity contribution >= 4 is 22.6 Å². The predicted molar refractivity (Wildman–Crippen MR) is 162 cm³/mol. The number of carbonyl (C=O) groups is 1. The minimum Gasteiger partial charge on any atom is -0.497 e. The average Bonchev–Trinajstić information content (AvgIpc) is 3.52. The van der Waals surface area contributed by atoms with Gasteiger partial charge in [0.15, 0.2) is 5.82 Å². The van der Waals surface area contributed by atoms with E-state index < -0.39 is 28.6 Å². The van der Waals surface area contributed by atoms with E-state index >= 15 is 8.78 Å². The zero-order chi connectivity index (χ0) is 31.5. The van der Waals surface area contributed by atoms with Crippen LogP contribution in [0, 0.1) is 11.6 Å². The first-order chi connectivity index (χ1) is 21.8. The second-order valence-electron chi connectivity index (χ2n) is 10.4. The molecule has 0 saturated carbocycles.